The Balaban J connectivity index is 2.33. The zero-order valence-electron chi connectivity index (χ0n) is 9.92. The van der Waals surface area contributed by atoms with E-state index in [4.69, 9.17) is 11.6 Å². The second kappa shape index (κ2) is 5.59. The fourth-order valence-electron chi connectivity index (χ4n) is 2.59. The molecule has 0 radical (unpaired) electrons. The highest BCUT2D eigenvalue weighted by atomic mass is 35.5. The number of carboxylic acid groups (broad SMARTS) is 1. The Kier molecular flexibility index (Phi) is 4.09. The molecule has 1 aromatic carbocycles. The van der Waals surface area contributed by atoms with Crippen LogP contribution in [0.3, 0.4) is 0 Å². The first-order valence-corrected chi connectivity index (χ1v) is 6.37. The lowest BCUT2D eigenvalue weighted by Crippen LogP contribution is -2.43. The van der Waals surface area contributed by atoms with Crippen LogP contribution in [0.15, 0.2) is 24.3 Å². The Hall–Kier alpha value is -1.26. The summed E-state index contributed by atoms with van der Waals surface area (Å²) in [6.45, 7) is 0.510. The van der Waals surface area contributed by atoms with Crippen molar-refractivity contribution in [2.75, 3.05) is 13.2 Å². The summed E-state index contributed by atoms with van der Waals surface area (Å²) in [6, 6.07) is 6.88. The monoisotopic (exact) mass is 269 g/mol. The van der Waals surface area contributed by atoms with Gasteiger partial charge in [-0.15, -0.1) is 0 Å². The molecule has 2 rings (SSSR count). The van der Waals surface area contributed by atoms with Gasteiger partial charge in [-0.1, -0.05) is 23.7 Å². The van der Waals surface area contributed by atoms with Crippen molar-refractivity contribution in [3.63, 3.8) is 0 Å². The quantitative estimate of drug-likeness (QED) is 0.868. The van der Waals surface area contributed by atoms with Gasteiger partial charge in [-0.3, -0.25) is 0 Å². The van der Waals surface area contributed by atoms with E-state index in [0.717, 1.165) is 18.4 Å². The van der Waals surface area contributed by atoms with E-state index in [2.05, 4.69) is 0 Å². The van der Waals surface area contributed by atoms with Gasteiger partial charge in [-0.25, -0.2) is 4.79 Å². The van der Waals surface area contributed by atoms with Gasteiger partial charge in [0.1, 0.15) is 0 Å². The van der Waals surface area contributed by atoms with Crippen molar-refractivity contribution in [2.45, 2.75) is 18.9 Å². The van der Waals surface area contributed by atoms with E-state index in [-0.39, 0.29) is 18.6 Å². The summed E-state index contributed by atoms with van der Waals surface area (Å²) in [5.74, 6) is -0.0453. The highest BCUT2D eigenvalue weighted by Crippen LogP contribution is 2.36. The van der Waals surface area contributed by atoms with Gasteiger partial charge in [0, 0.05) is 24.1 Å². The van der Waals surface area contributed by atoms with Gasteiger partial charge in [0.2, 0.25) is 0 Å². The molecule has 1 fully saturated rings. The molecule has 1 saturated heterocycles. The Labute approximate surface area is 111 Å². The number of carbonyl (C=O) groups is 1. The van der Waals surface area contributed by atoms with Crippen LogP contribution in [-0.2, 0) is 0 Å². The molecule has 0 spiro atoms. The lowest BCUT2D eigenvalue weighted by molar-refractivity contribution is 0.0536. The second-order valence-corrected chi connectivity index (χ2v) is 4.99. The maximum Gasteiger partial charge on any atom is 0.407 e. The van der Waals surface area contributed by atoms with Gasteiger partial charge in [-0.2, -0.15) is 0 Å². The predicted octanol–water partition coefficient (Wildman–Crippen LogP) is 2.76. The number of amides is 1. The number of hydrogen-bond acceptors (Lipinski definition) is 2. The van der Waals surface area contributed by atoms with E-state index < -0.39 is 6.09 Å². The van der Waals surface area contributed by atoms with Crippen LogP contribution in [0.2, 0.25) is 5.02 Å². The van der Waals surface area contributed by atoms with Gasteiger partial charge in [0.05, 0.1) is 6.04 Å². The highest BCUT2D eigenvalue weighted by molar-refractivity contribution is 6.30. The highest BCUT2D eigenvalue weighted by Gasteiger charge is 2.34. The molecular weight excluding hydrogens is 254 g/mol. The molecule has 1 amide bonds. The first-order valence-electron chi connectivity index (χ1n) is 5.99. The van der Waals surface area contributed by atoms with E-state index in [1.54, 1.807) is 12.1 Å². The second-order valence-electron chi connectivity index (χ2n) is 4.56. The number of aliphatic hydroxyl groups is 1. The van der Waals surface area contributed by atoms with Crippen LogP contribution in [0.5, 0.6) is 0 Å². The standard InChI is InChI=1S/C13H16ClNO3/c14-11-5-3-9(4-6-11)12-10(8-16)2-1-7-15(12)13(17)18/h3-6,10,12,16H,1-2,7-8H2,(H,17,18). The van der Waals surface area contributed by atoms with Crippen LogP contribution in [0.1, 0.15) is 24.4 Å². The molecule has 0 aliphatic carbocycles. The summed E-state index contributed by atoms with van der Waals surface area (Å²) in [5.41, 5.74) is 0.889. The minimum atomic E-state index is -0.937. The normalized spacial score (nSPS) is 24.0. The molecular formula is C13H16ClNO3. The molecule has 1 heterocycles. The Morgan fingerprint density at radius 3 is 2.61 bits per heavy atom. The summed E-state index contributed by atoms with van der Waals surface area (Å²) in [4.78, 5) is 12.7. The van der Waals surface area contributed by atoms with E-state index in [1.807, 2.05) is 12.1 Å². The molecule has 1 aromatic rings. The Bertz CT molecular complexity index is 421. The summed E-state index contributed by atoms with van der Waals surface area (Å²) in [7, 11) is 0. The molecule has 0 bridgehead atoms. The summed E-state index contributed by atoms with van der Waals surface area (Å²) in [6.07, 6.45) is 0.697. The third kappa shape index (κ3) is 2.60. The number of halogens is 1. The summed E-state index contributed by atoms with van der Waals surface area (Å²) in [5, 5.41) is 19.3. The number of benzene rings is 1. The van der Waals surface area contributed by atoms with Gasteiger partial charge in [-0.05, 0) is 30.5 Å². The van der Waals surface area contributed by atoms with Gasteiger partial charge in [0.25, 0.3) is 0 Å². The van der Waals surface area contributed by atoms with Crippen LogP contribution < -0.4 is 0 Å². The van der Waals surface area contributed by atoms with Crippen molar-refractivity contribution in [2.24, 2.45) is 5.92 Å². The zero-order chi connectivity index (χ0) is 13.1. The number of likely N-dealkylation sites (tertiary alicyclic amines) is 1. The van der Waals surface area contributed by atoms with Crippen molar-refractivity contribution in [3.8, 4) is 0 Å². The van der Waals surface area contributed by atoms with Crippen LogP contribution >= 0.6 is 11.6 Å². The number of aliphatic hydroxyl groups excluding tert-OH is 1. The first-order chi connectivity index (χ1) is 8.63. The average molecular weight is 270 g/mol. The molecule has 1 aliphatic heterocycles. The van der Waals surface area contributed by atoms with Crippen molar-refractivity contribution >= 4 is 17.7 Å². The fraction of sp³-hybridized carbons (Fsp3) is 0.462. The minimum absolute atomic E-state index is 0.00290. The van der Waals surface area contributed by atoms with E-state index >= 15 is 0 Å². The lowest BCUT2D eigenvalue weighted by Gasteiger charge is -2.39. The van der Waals surface area contributed by atoms with Crippen LogP contribution in [0.25, 0.3) is 0 Å². The van der Waals surface area contributed by atoms with Gasteiger partial charge in [0.15, 0.2) is 0 Å². The molecule has 2 unspecified atom stereocenters. The van der Waals surface area contributed by atoms with Crippen molar-refractivity contribution in [1.82, 2.24) is 4.90 Å². The Morgan fingerprint density at radius 2 is 2.06 bits per heavy atom. The molecule has 2 N–H and O–H groups in total. The zero-order valence-corrected chi connectivity index (χ0v) is 10.7. The SMILES string of the molecule is O=C(O)N1CCCC(CO)C1c1ccc(Cl)cc1. The molecule has 18 heavy (non-hydrogen) atoms. The third-order valence-corrected chi connectivity index (χ3v) is 3.70. The van der Waals surface area contributed by atoms with Gasteiger partial charge < -0.3 is 15.1 Å². The smallest absolute Gasteiger partial charge is 0.407 e. The number of hydrogen-bond donors (Lipinski definition) is 2. The minimum Gasteiger partial charge on any atom is -0.465 e. The largest absolute Gasteiger partial charge is 0.465 e. The van der Waals surface area contributed by atoms with Gasteiger partial charge >= 0.3 is 6.09 Å². The molecule has 0 saturated carbocycles. The van der Waals surface area contributed by atoms with Crippen molar-refractivity contribution in [1.29, 1.82) is 0 Å². The topological polar surface area (TPSA) is 60.8 Å². The predicted molar refractivity (Wildman–Crippen MR) is 68.7 cm³/mol. The molecule has 1 aliphatic rings. The Morgan fingerprint density at radius 1 is 1.39 bits per heavy atom. The third-order valence-electron chi connectivity index (χ3n) is 3.45. The van der Waals surface area contributed by atoms with Crippen molar-refractivity contribution in [3.05, 3.63) is 34.9 Å². The number of nitrogens with zero attached hydrogens (tertiary/aromatic N) is 1. The maximum atomic E-state index is 11.3. The fourth-order valence-corrected chi connectivity index (χ4v) is 2.72. The molecule has 98 valence electrons. The van der Waals surface area contributed by atoms with Crippen LogP contribution in [-0.4, -0.2) is 34.4 Å². The maximum absolute atomic E-state index is 11.3. The number of piperidine rings is 1. The average Bonchev–Trinajstić information content (AvgIpc) is 2.38. The molecule has 0 aromatic heterocycles. The summed E-state index contributed by atoms with van der Waals surface area (Å²) < 4.78 is 0. The molecule has 5 heteroatoms. The van der Waals surface area contributed by atoms with E-state index in [0.29, 0.717) is 11.6 Å². The van der Waals surface area contributed by atoms with Crippen molar-refractivity contribution < 1.29 is 15.0 Å². The number of rotatable bonds is 2. The summed E-state index contributed by atoms with van der Waals surface area (Å²) >= 11 is 5.84. The first kappa shape index (κ1) is 13.2. The van der Waals surface area contributed by atoms with E-state index in [1.165, 1.54) is 4.90 Å². The van der Waals surface area contributed by atoms with Crippen LogP contribution in [0.4, 0.5) is 4.79 Å². The molecule has 4 nitrogen and oxygen atoms in total. The lowest BCUT2D eigenvalue weighted by atomic mass is 9.85. The molecule has 2 atom stereocenters. The van der Waals surface area contributed by atoms with Crippen LogP contribution in [0, 0.1) is 5.92 Å². The van der Waals surface area contributed by atoms with E-state index in [9.17, 15) is 15.0 Å².